The number of nitro benzene ring substituents is 1. The molecule has 6 rings (SSSR count). The van der Waals surface area contributed by atoms with Crippen molar-refractivity contribution in [3.63, 3.8) is 0 Å². The summed E-state index contributed by atoms with van der Waals surface area (Å²) in [5, 5.41) is 21.4. The van der Waals surface area contributed by atoms with Gasteiger partial charge in [0.1, 0.15) is 5.84 Å². The highest BCUT2D eigenvalue weighted by Crippen LogP contribution is 2.39. The quantitative estimate of drug-likeness (QED) is 0.166. The van der Waals surface area contributed by atoms with Crippen molar-refractivity contribution in [3.8, 4) is 16.9 Å². The average molecular weight is 504 g/mol. The first-order valence-electron chi connectivity index (χ1n) is 12.0. The van der Waals surface area contributed by atoms with E-state index in [1.165, 1.54) is 12.1 Å². The van der Waals surface area contributed by atoms with E-state index in [2.05, 4.69) is 10.4 Å². The van der Waals surface area contributed by atoms with E-state index < -0.39 is 10.9 Å². The Morgan fingerprint density at radius 3 is 2.42 bits per heavy atom. The predicted molar refractivity (Wildman–Crippen MR) is 145 cm³/mol. The van der Waals surface area contributed by atoms with Crippen LogP contribution in [0.15, 0.2) is 96.0 Å². The van der Waals surface area contributed by atoms with E-state index in [9.17, 15) is 14.9 Å². The van der Waals surface area contributed by atoms with Crippen LogP contribution in [-0.4, -0.2) is 33.1 Å². The number of anilines is 1. The zero-order chi connectivity index (χ0) is 26.2. The summed E-state index contributed by atoms with van der Waals surface area (Å²) in [5.41, 5.74) is 4.07. The fraction of sp³-hybridized carbons (Fsp3) is 0.0690. The highest BCUT2D eigenvalue weighted by atomic mass is 16.6. The van der Waals surface area contributed by atoms with E-state index in [0.717, 1.165) is 27.7 Å². The molecule has 0 unspecified atom stereocenters. The van der Waals surface area contributed by atoms with E-state index in [4.69, 9.17) is 9.73 Å². The number of amidine groups is 1. The smallest absolute Gasteiger partial charge is 0.359 e. The summed E-state index contributed by atoms with van der Waals surface area (Å²) in [6, 6.07) is 27.4. The Hall–Kier alpha value is -5.31. The molecule has 38 heavy (non-hydrogen) atoms. The van der Waals surface area contributed by atoms with Gasteiger partial charge >= 0.3 is 5.97 Å². The Labute approximate surface area is 217 Å². The number of carbonyl (C=O) groups excluding carboxylic acids is 1. The van der Waals surface area contributed by atoms with Crippen LogP contribution < -0.4 is 5.32 Å². The molecule has 0 saturated heterocycles. The third-order valence-corrected chi connectivity index (χ3v) is 6.31. The summed E-state index contributed by atoms with van der Waals surface area (Å²) in [6.45, 7) is 1.90. The van der Waals surface area contributed by atoms with Crippen LogP contribution >= 0.6 is 0 Å². The third kappa shape index (κ3) is 3.86. The molecule has 1 aromatic heterocycles. The van der Waals surface area contributed by atoms with Crippen molar-refractivity contribution < 1.29 is 14.5 Å². The number of nitrogens with zero attached hydrogens (tertiary/aromatic N) is 4. The minimum absolute atomic E-state index is 0.0453. The monoisotopic (exact) mass is 503 g/mol. The number of nitro groups is 1. The van der Waals surface area contributed by atoms with Gasteiger partial charge < -0.3 is 10.1 Å². The number of aliphatic imine (C=N–C) groups is 1. The normalized spacial score (nSPS) is 12.1. The largest absolute Gasteiger partial charge is 0.461 e. The van der Waals surface area contributed by atoms with Gasteiger partial charge in [0.25, 0.3) is 5.69 Å². The topological polar surface area (TPSA) is 112 Å². The van der Waals surface area contributed by atoms with Crippen LogP contribution in [0.5, 0.6) is 0 Å². The summed E-state index contributed by atoms with van der Waals surface area (Å²) in [6.07, 6.45) is 0. The van der Waals surface area contributed by atoms with E-state index in [1.807, 2.05) is 66.7 Å². The van der Waals surface area contributed by atoms with Crippen LogP contribution in [0.2, 0.25) is 0 Å². The van der Waals surface area contributed by atoms with Crippen LogP contribution in [0, 0.1) is 10.1 Å². The number of rotatable bonds is 6. The number of nitrogens with one attached hydrogen (secondary N) is 1. The Morgan fingerprint density at radius 1 is 0.974 bits per heavy atom. The van der Waals surface area contributed by atoms with Crippen LogP contribution in [0.4, 0.5) is 17.1 Å². The molecular weight excluding hydrogens is 482 g/mol. The average Bonchev–Trinajstić information content (AvgIpc) is 3.35. The number of hydrogen-bond acceptors (Lipinski definition) is 7. The van der Waals surface area contributed by atoms with Gasteiger partial charge in [0.05, 0.1) is 34.2 Å². The van der Waals surface area contributed by atoms with Crippen LogP contribution in [-0.2, 0) is 4.74 Å². The maximum absolute atomic E-state index is 13.2. The van der Waals surface area contributed by atoms with Crippen LogP contribution in [0.1, 0.15) is 23.0 Å². The zero-order valence-electron chi connectivity index (χ0n) is 20.3. The molecule has 4 aromatic carbocycles. The second-order valence-electron chi connectivity index (χ2n) is 8.61. The molecule has 9 heteroatoms. The van der Waals surface area contributed by atoms with Gasteiger partial charge in [-0.15, -0.1) is 0 Å². The number of aromatic nitrogens is 2. The lowest BCUT2D eigenvalue weighted by Crippen LogP contribution is -2.20. The van der Waals surface area contributed by atoms with Crippen molar-refractivity contribution in [2.24, 2.45) is 4.99 Å². The maximum atomic E-state index is 13.2. The Balaban J connectivity index is 1.64. The second-order valence-corrected chi connectivity index (χ2v) is 8.61. The number of non-ortho nitro benzene ring substituents is 1. The summed E-state index contributed by atoms with van der Waals surface area (Å²) in [7, 11) is 0. The van der Waals surface area contributed by atoms with Crippen molar-refractivity contribution >= 4 is 39.6 Å². The summed E-state index contributed by atoms with van der Waals surface area (Å²) in [5.74, 6) is -0.145. The molecule has 2 heterocycles. The summed E-state index contributed by atoms with van der Waals surface area (Å²) < 4.78 is 6.99. The molecule has 0 aliphatic carbocycles. The minimum atomic E-state index is -0.595. The fourth-order valence-electron chi connectivity index (χ4n) is 4.66. The van der Waals surface area contributed by atoms with Crippen molar-refractivity contribution in [2.75, 3.05) is 11.9 Å². The third-order valence-electron chi connectivity index (χ3n) is 6.31. The molecule has 5 aromatic rings. The van der Waals surface area contributed by atoms with Crippen molar-refractivity contribution in [3.05, 3.63) is 112 Å². The molecule has 1 N–H and O–H groups in total. The number of carbonyl (C=O) groups is 1. The number of hydrogen-bond donors (Lipinski definition) is 1. The standard InChI is InChI=1S/C29H21N5O4/c1-2-38-29(35)26-25(28-30-22-12-6-10-18-11-7-13-23(31-28)24(18)22)27(19-8-4-3-5-9-19)33(32-26)20-14-16-21(17-15-20)34(36)37/h3-17H,2H2,1H3,(H,30,31). The summed E-state index contributed by atoms with van der Waals surface area (Å²) in [4.78, 5) is 28.9. The van der Waals surface area contributed by atoms with E-state index in [-0.39, 0.29) is 18.0 Å². The van der Waals surface area contributed by atoms with Gasteiger partial charge in [0.2, 0.25) is 0 Å². The zero-order valence-corrected chi connectivity index (χ0v) is 20.3. The molecule has 0 radical (unpaired) electrons. The van der Waals surface area contributed by atoms with Crippen LogP contribution in [0.25, 0.3) is 27.7 Å². The molecule has 9 nitrogen and oxygen atoms in total. The summed E-state index contributed by atoms with van der Waals surface area (Å²) >= 11 is 0. The Bertz CT molecular complexity index is 1740. The van der Waals surface area contributed by atoms with Crippen molar-refractivity contribution in [1.82, 2.24) is 9.78 Å². The second kappa shape index (κ2) is 9.29. The fourth-order valence-corrected chi connectivity index (χ4v) is 4.66. The Morgan fingerprint density at radius 2 is 1.71 bits per heavy atom. The first-order valence-corrected chi connectivity index (χ1v) is 12.0. The molecule has 186 valence electrons. The highest BCUT2D eigenvalue weighted by molar-refractivity contribution is 6.23. The first kappa shape index (κ1) is 23.1. The van der Waals surface area contributed by atoms with Gasteiger partial charge in [-0.3, -0.25) is 10.1 Å². The number of ether oxygens (including phenoxy) is 1. The molecule has 0 amide bonds. The van der Waals surface area contributed by atoms with Gasteiger partial charge in [-0.2, -0.15) is 5.10 Å². The molecule has 0 saturated carbocycles. The minimum Gasteiger partial charge on any atom is -0.461 e. The molecule has 0 atom stereocenters. The molecule has 0 fully saturated rings. The lowest BCUT2D eigenvalue weighted by Gasteiger charge is -2.20. The van der Waals surface area contributed by atoms with Gasteiger partial charge in [0, 0.05) is 28.8 Å². The SMILES string of the molecule is CCOC(=O)c1nn(-c2ccc([N+](=O)[O-])cc2)c(-c2ccccc2)c1C1=Nc2cccc3cccc(c23)N1. The molecular formula is C29H21N5O4. The number of benzene rings is 4. The van der Waals surface area contributed by atoms with Crippen molar-refractivity contribution in [1.29, 1.82) is 0 Å². The van der Waals surface area contributed by atoms with E-state index >= 15 is 0 Å². The van der Waals surface area contributed by atoms with Crippen LogP contribution in [0.3, 0.4) is 0 Å². The lowest BCUT2D eigenvalue weighted by molar-refractivity contribution is -0.384. The maximum Gasteiger partial charge on any atom is 0.359 e. The first-order chi connectivity index (χ1) is 18.5. The molecule has 0 spiro atoms. The van der Waals surface area contributed by atoms with E-state index in [0.29, 0.717) is 22.8 Å². The molecule has 1 aliphatic heterocycles. The van der Waals surface area contributed by atoms with Gasteiger partial charge in [-0.1, -0.05) is 54.6 Å². The van der Waals surface area contributed by atoms with E-state index in [1.54, 1.807) is 23.7 Å². The van der Waals surface area contributed by atoms with Gasteiger partial charge in [0.15, 0.2) is 5.69 Å². The van der Waals surface area contributed by atoms with Crippen molar-refractivity contribution in [2.45, 2.75) is 6.92 Å². The number of esters is 1. The van der Waals surface area contributed by atoms with Gasteiger partial charge in [-0.05, 0) is 36.6 Å². The Kier molecular flexibility index (Phi) is 5.65. The van der Waals surface area contributed by atoms with Gasteiger partial charge in [-0.25, -0.2) is 14.5 Å². The molecule has 0 bridgehead atoms. The predicted octanol–water partition coefficient (Wildman–Crippen LogP) is 6.28. The highest BCUT2D eigenvalue weighted by Gasteiger charge is 2.31. The lowest BCUT2D eigenvalue weighted by atomic mass is 10.0. The molecule has 1 aliphatic rings.